The van der Waals surface area contributed by atoms with Gasteiger partial charge >= 0.3 is 6.09 Å². The fourth-order valence-electron chi connectivity index (χ4n) is 4.81. The second kappa shape index (κ2) is 13.5. The van der Waals surface area contributed by atoms with Crippen LogP contribution in [0.1, 0.15) is 102 Å². The van der Waals surface area contributed by atoms with Gasteiger partial charge in [-0.05, 0) is 109 Å². The molecule has 226 valence electrons. The summed E-state index contributed by atoms with van der Waals surface area (Å²) in [5.41, 5.74) is 4.02. The number of nitrogens with zero attached hydrogens (tertiary/aromatic N) is 1. The van der Waals surface area contributed by atoms with Gasteiger partial charge in [-0.3, -0.25) is 9.59 Å². The minimum absolute atomic E-state index is 0.106. The van der Waals surface area contributed by atoms with E-state index in [0.29, 0.717) is 18.4 Å². The molecule has 0 bridgehead atoms. The van der Waals surface area contributed by atoms with Crippen LogP contribution in [0.5, 0.6) is 0 Å². The molecule has 0 heterocycles. The summed E-state index contributed by atoms with van der Waals surface area (Å²) in [6.45, 7) is 23.2. The first kappa shape index (κ1) is 33.9. The molecule has 2 atom stereocenters. The van der Waals surface area contributed by atoms with Crippen molar-refractivity contribution in [2.75, 3.05) is 5.32 Å². The number of amides is 3. The van der Waals surface area contributed by atoms with Gasteiger partial charge in [0.15, 0.2) is 0 Å². The number of carbonyl (C=O) groups excluding carboxylic acids is 3. The average Bonchev–Trinajstić information content (AvgIpc) is 2.84. The predicted octanol–water partition coefficient (Wildman–Crippen LogP) is 7.56. The van der Waals surface area contributed by atoms with Gasteiger partial charge in [-0.25, -0.2) is 4.79 Å². The summed E-state index contributed by atoms with van der Waals surface area (Å²) in [6.07, 6.45) is 0.331. The van der Waals surface area contributed by atoms with Gasteiger partial charge in [-0.2, -0.15) is 0 Å². The summed E-state index contributed by atoms with van der Waals surface area (Å²) in [7, 11) is 0. The molecule has 0 aliphatic heterocycles. The highest BCUT2D eigenvalue weighted by molar-refractivity contribution is 6.00. The molecule has 2 aromatic carbocycles. The zero-order chi connectivity index (χ0) is 31.3. The van der Waals surface area contributed by atoms with Crippen LogP contribution < -0.4 is 10.6 Å². The molecular weight excluding hydrogens is 514 g/mol. The standard InChI is InChI=1S/C34H51N3O4/c1-13-34(11,12)37(31(39)27(19-21(2)3)35-32(40)41-33(8,9)10)29(26-18-17-22(4)25(7)20-26)30(38)36-28-23(5)15-14-16-24(28)6/h14-18,20-21,27,29H,13,19H2,1-12H3,(H,35,40)(H,36,38). The van der Waals surface area contributed by atoms with Crippen LogP contribution in [0, 0.1) is 33.6 Å². The van der Waals surface area contributed by atoms with Gasteiger partial charge < -0.3 is 20.3 Å². The Kier molecular flexibility index (Phi) is 11.2. The third-order valence-corrected chi connectivity index (χ3v) is 7.53. The van der Waals surface area contributed by atoms with Crippen LogP contribution in [0.4, 0.5) is 10.5 Å². The van der Waals surface area contributed by atoms with E-state index in [0.717, 1.165) is 27.9 Å². The minimum atomic E-state index is -0.939. The summed E-state index contributed by atoms with van der Waals surface area (Å²) in [6, 6.07) is 9.93. The Balaban J connectivity index is 2.72. The third-order valence-electron chi connectivity index (χ3n) is 7.53. The highest BCUT2D eigenvalue weighted by Crippen LogP contribution is 2.35. The number of rotatable bonds is 10. The van der Waals surface area contributed by atoms with Crippen molar-refractivity contribution in [1.82, 2.24) is 10.2 Å². The molecule has 3 amide bonds. The molecule has 0 radical (unpaired) electrons. The number of hydrogen-bond donors (Lipinski definition) is 2. The second-order valence-electron chi connectivity index (χ2n) is 13.2. The molecule has 2 rings (SSSR count). The van der Waals surface area contributed by atoms with E-state index >= 15 is 0 Å². The van der Waals surface area contributed by atoms with E-state index in [-0.39, 0.29) is 17.7 Å². The van der Waals surface area contributed by atoms with Crippen LogP contribution >= 0.6 is 0 Å². The lowest BCUT2D eigenvalue weighted by molar-refractivity contribution is -0.148. The molecular formula is C34H51N3O4. The molecule has 7 nitrogen and oxygen atoms in total. The van der Waals surface area contributed by atoms with E-state index in [1.807, 2.05) is 98.7 Å². The van der Waals surface area contributed by atoms with Gasteiger partial charge in [0.25, 0.3) is 5.91 Å². The van der Waals surface area contributed by atoms with Crippen LogP contribution in [0.15, 0.2) is 36.4 Å². The largest absolute Gasteiger partial charge is 0.444 e. The van der Waals surface area contributed by atoms with Crippen molar-refractivity contribution in [3.8, 4) is 0 Å². The average molecular weight is 566 g/mol. The molecule has 2 aromatic rings. The van der Waals surface area contributed by atoms with Crippen LogP contribution in [0.3, 0.4) is 0 Å². The first-order valence-electron chi connectivity index (χ1n) is 14.6. The molecule has 2 N–H and O–H groups in total. The summed E-state index contributed by atoms with van der Waals surface area (Å²) in [4.78, 5) is 43.5. The maximum absolute atomic E-state index is 14.6. The Morgan fingerprint density at radius 2 is 1.46 bits per heavy atom. The zero-order valence-electron chi connectivity index (χ0n) is 27.2. The number of benzene rings is 2. The number of aryl methyl sites for hydroxylation is 4. The zero-order valence-corrected chi connectivity index (χ0v) is 27.2. The predicted molar refractivity (Wildman–Crippen MR) is 167 cm³/mol. The number of anilines is 1. The Morgan fingerprint density at radius 3 is 1.95 bits per heavy atom. The van der Waals surface area contributed by atoms with E-state index in [2.05, 4.69) is 10.6 Å². The highest BCUT2D eigenvalue weighted by Gasteiger charge is 2.43. The van der Waals surface area contributed by atoms with Gasteiger partial charge in [0.1, 0.15) is 17.7 Å². The fourth-order valence-corrected chi connectivity index (χ4v) is 4.81. The molecule has 0 saturated heterocycles. The topological polar surface area (TPSA) is 87.7 Å². The summed E-state index contributed by atoms with van der Waals surface area (Å²) >= 11 is 0. The Morgan fingerprint density at radius 1 is 0.878 bits per heavy atom. The lowest BCUT2D eigenvalue weighted by Gasteiger charge is -2.45. The lowest BCUT2D eigenvalue weighted by atomic mass is 9.90. The molecule has 0 aliphatic carbocycles. The number of alkyl carbamates (subject to hydrolysis) is 1. The van der Waals surface area contributed by atoms with E-state index in [1.54, 1.807) is 25.7 Å². The van der Waals surface area contributed by atoms with Crippen LogP contribution in [0.25, 0.3) is 0 Å². The molecule has 0 aromatic heterocycles. The Bertz CT molecular complexity index is 1220. The van der Waals surface area contributed by atoms with Crippen LogP contribution in [-0.2, 0) is 14.3 Å². The maximum Gasteiger partial charge on any atom is 0.408 e. The monoisotopic (exact) mass is 565 g/mol. The van der Waals surface area contributed by atoms with Crippen molar-refractivity contribution < 1.29 is 19.1 Å². The van der Waals surface area contributed by atoms with E-state index in [1.165, 1.54) is 0 Å². The maximum atomic E-state index is 14.6. The van der Waals surface area contributed by atoms with Crippen molar-refractivity contribution in [1.29, 1.82) is 0 Å². The normalized spacial score (nSPS) is 13.4. The van der Waals surface area contributed by atoms with Crippen LogP contribution in [0.2, 0.25) is 0 Å². The van der Waals surface area contributed by atoms with Gasteiger partial charge in [-0.15, -0.1) is 0 Å². The first-order valence-corrected chi connectivity index (χ1v) is 14.6. The SMILES string of the molecule is CCC(C)(C)N(C(=O)C(CC(C)C)NC(=O)OC(C)(C)C)C(C(=O)Nc1c(C)cccc1C)c1ccc(C)c(C)c1. The van der Waals surface area contributed by atoms with Crippen molar-refractivity contribution in [3.05, 3.63) is 64.2 Å². The molecule has 0 fully saturated rings. The molecule has 41 heavy (non-hydrogen) atoms. The third kappa shape index (κ3) is 9.07. The Labute approximate surface area is 247 Å². The summed E-state index contributed by atoms with van der Waals surface area (Å²) < 4.78 is 5.52. The molecule has 0 spiro atoms. The summed E-state index contributed by atoms with van der Waals surface area (Å²) in [5.74, 6) is -0.522. The number of hydrogen-bond acceptors (Lipinski definition) is 4. The number of para-hydroxylation sites is 1. The number of nitrogens with one attached hydrogen (secondary N) is 2. The summed E-state index contributed by atoms with van der Waals surface area (Å²) in [5, 5.41) is 5.98. The van der Waals surface area contributed by atoms with E-state index in [9.17, 15) is 14.4 Å². The molecule has 0 aliphatic rings. The fraction of sp³-hybridized carbons (Fsp3) is 0.559. The smallest absolute Gasteiger partial charge is 0.408 e. The lowest BCUT2D eigenvalue weighted by Crippen LogP contribution is -2.59. The molecule has 0 saturated carbocycles. The number of ether oxygens (including phenoxy) is 1. The van der Waals surface area contributed by atoms with E-state index in [4.69, 9.17) is 4.74 Å². The van der Waals surface area contributed by atoms with Crippen molar-refractivity contribution >= 4 is 23.6 Å². The van der Waals surface area contributed by atoms with Gasteiger partial charge in [0.2, 0.25) is 5.91 Å². The molecule has 2 unspecified atom stereocenters. The second-order valence-corrected chi connectivity index (χ2v) is 13.2. The van der Waals surface area contributed by atoms with Crippen molar-refractivity contribution in [3.63, 3.8) is 0 Å². The van der Waals surface area contributed by atoms with Crippen molar-refractivity contribution in [2.45, 2.75) is 119 Å². The van der Waals surface area contributed by atoms with E-state index < -0.39 is 29.3 Å². The quantitative estimate of drug-likeness (QED) is 0.311. The highest BCUT2D eigenvalue weighted by atomic mass is 16.6. The van der Waals surface area contributed by atoms with Crippen LogP contribution in [-0.4, -0.2) is 40.0 Å². The van der Waals surface area contributed by atoms with Gasteiger partial charge in [-0.1, -0.05) is 57.2 Å². The first-order chi connectivity index (χ1) is 18.9. The minimum Gasteiger partial charge on any atom is -0.444 e. The van der Waals surface area contributed by atoms with Gasteiger partial charge in [0, 0.05) is 11.2 Å². The number of carbonyl (C=O) groups is 3. The van der Waals surface area contributed by atoms with Gasteiger partial charge in [0.05, 0.1) is 0 Å². The Hall–Kier alpha value is -3.35. The molecule has 7 heteroatoms. The van der Waals surface area contributed by atoms with Crippen molar-refractivity contribution in [2.24, 2.45) is 5.92 Å².